The third-order valence-electron chi connectivity index (χ3n) is 4.01. The SMILES string of the molecule is Cc1ccc(C)c(CC(=O)N(CCCl)C2CCC2)c1. The fourth-order valence-electron chi connectivity index (χ4n) is 2.56. The molecule has 1 amide bonds. The predicted octanol–water partition coefficient (Wildman–Crippen LogP) is 3.47. The summed E-state index contributed by atoms with van der Waals surface area (Å²) in [6.45, 7) is 4.81. The van der Waals surface area contributed by atoms with Crippen molar-refractivity contribution in [1.29, 1.82) is 0 Å². The summed E-state index contributed by atoms with van der Waals surface area (Å²) in [7, 11) is 0. The van der Waals surface area contributed by atoms with Crippen LogP contribution in [0.2, 0.25) is 0 Å². The molecule has 0 aliphatic heterocycles. The van der Waals surface area contributed by atoms with Crippen LogP contribution in [0.25, 0.3) is 0 Å². The Hall–Kier alpha value is -1.02. The highest BCUT2D eigenvalue weighted by atomic mass is 35.5. The Bertz CT molecular complexity index is 454. The lowest BCUT2D eigenvalue weighted by Gasteiger charge is -2.37. The van der Waals surface area contributed by atoms with E-state index in [4.69, 9.17) is 11.6 Å². The molecule has 0 heterocycles. The van der Waals surface area contributed by atoms with Gasteiger partial charge in [-0.15, -0.1) is 11.6 Å². The standard InChI is InChI=1S/C16H22ClNO/c1-12-6-7-13(2)14(10-12)11-16(19)18(9-8-17)15-4-3-5-15/h6-7,10,15H,3-5,8-9,11H2,1-2H3. The van der Waals surface area contributed by atoms with Gasteiger partial charge >= 0.3 is 0 Å². The summed E-state index contributed by atoms with van der Waals surface area (Å²) < 4.78 is 0. The average molecular weight is 280 g/mol. The van der Waals surface area contributed by atoms with Gasteiger partial charge in [0, 0.05) is 18.5 Å². The van der Waals surface area contributed by atoms with Gasteiger partial charge in [-0.25, -0.2) is 0 Å². The van der Waals surface area contributed by atoms with Crippen molar-refractivity contribution in [3.8, 4) is 0 Å². The molecule has 0 atom stereocenters. The van der Waals surface area contributed by atoms with Gasteiger partial charge in [0.15, 0.2) is 0 Å². The number of alkyl halides is 1. The molecule has 0 unspecified atom stereocenters. The van der Waals surface area contributed by atoms with Crippen LogP contribution >= 0.6 is 11.6 Å². The maximum atomic E-state index is 12.5. The number of carbonyl (C=O) groups is 1. The third kappa shape index (κ3) is 3.50. The number of nitrogens with zero attached hydrogens (tertiary/aromatic N) is 1. The Kier molecular flexibility index (Phi) is 4.87. The molecule has 1 aromatic carbocycles. The summed E-state index contributed by atoms with van der Waals surface area (Å²) in [5, 5.41) is 0. The number of rotatable bonds is 5. The first-order chi connectivity index (χ1) is 9.11. The van der Waals surface area contributed by atoms with Gasteiger partial charge in [0.25, 0.3) is 0 Å². The molecule has 3 heteroatoms. The Balaban J connectivity index is 2.07. The molecule has 19 heavy (non-hydrogen) atoms. The van der Waals surface area contributed by atoms with Gasteiger partial charge in [-0.05, 0) is 44.2 Å². The summed E-state index contributed by atoms with van der Waals surface area (Å²) in [4.78, 5) is 14.5. The maximum absolute atomic E-state index is 12.5. The summed E-state index contributed by atoms with van der Waals surface area (Å²) in [6, 6.07) is 6.72. The smallest absolute Gasteiger partial charge is 0.227 e. The summed E-state index contributed by atoms with van der Waals surface area (Å²) in [5.74, 6) is 0.744. The predicted molar refractivity (Wildman–Crippen MR) is 79.7 cm³/mol. The normalized spacial score (nSPS) is 15.1. The second-order valence-electron chi connectivity index (χ2n) is 5.47. The largest absolute Gasteiger partial charge is 0.338 e. The van der Waals surface area contributed by atoms with E-state index in [0.29, 0.717) is 24.9 Å². The van der Waals surface area contributed by atoms with Crippen LogP contribution in [-0.4, -0.2) is 29.3 Å². The fourth-order valence-corrected chi connectivity index (χ4v) is 2.74. The molecule has 1 aliphatic rings. The van der Waals surface area contributed by atoms with E-state index in [-0.39, 0.29) is 5.91 Å². The minimum atomic E-state index is 0.221. The number of carbonyl (C=O) groups excluding carboxylic acids is 1. The van der Waals surface area contributed by atoms with Gasteiger partial charge in [0.05, 0.1) is 6.42 Å². The van der Waals surface area contributed by atoms with E-state index in [1.807, 2.05) is 4.90 Å². The second kappa shape index (κ2) is 6.42. The zero-order valence-corrected chi connectivity index (χ0v) is 12.5. The highest BCUT2D eigenvalue weighted by Crippen LogP contribution is 2.25. The molecule has 0 saturated heterocycles. The lowest BCUT2D eigenvalue weighted by molar-refractivity contribution is -0.134. The van der Waals surface area contributed by atoms with E-state index >= 15 is 0 Å². The lowest BCUT2D eigenvalue weighted by Crippen LogP contribution is -2.45. The van der Waals surface area contributed by atoms with Gasteiger partial charge in [-0.1, -0.05) is 23.8 Å². The number of halogens is 1. The lowest BCUT2D eigenvalue weighted by atomic mass is 9.91. The zero-order valence-electron chi connectivity index (χ0n) is 11.8. The molecule has 0 radical (unpaired) electrons. The van der Waals surface area contributed by atoms with E-state index in [2.05, 4.69) is 32.0 Å². The van der Waals surface area contributed by atoms with Crippen molar-refractivity contribution in [3.05, 3.63) is 34.9 Å². The highest BCUT2D eigenvalue weighted by Gasteiger charge is 2.28. The first-order valence-electron chi connectivity index (χ1n) is 7.03. The minimum Gasteiger partial charge on any atom is -0.338 e. The van der Waals surface area contributed by atoms with Gasteiger partial charge in [0.2, 0.25) is 5.91 Å². The van der Waals surface area contributed by atoms with Crippen LogP contribution in [-0.2, 0) is 11.2 Å². The van der Waals surface area contributed by atoms with Crippen molar-refractivity contribution >= 4 is 17.5 Å². The molecule has 104 valence electrons. The van der Waals surface area contributed by atoms with Crippen molar-refractivity contribution in [3.63, 3.8) is 0 Å². The number of benzene rings is 1. The number of amides is 1. The minimum absolute atomic E-state index is 0.221. The Morgan fingerprint density at radius 1 is 1.37 bits per heavy atom. The van der Waals surface area contributed by atoms with Crippen molar-refractivity contribution in [2.75, 3.05) is 12.4 Å². The van der Waals surface area contributed by atoms with Crippen molar-refractivity contribution in [2.24, 2.45) is 0 Å². The van der Waals surface area contributed by atoms with Gasteiger partial charge in [-0.3, -0.25) is 4.79 Å². The van der Waals surface area contributed by atoms with Crippen molar-refractivity contribution in [2.45, 2.75) is 45.6 Å². The van der Waals surface area contributed by atoms with Crippen molar-refractivity contribution < 1.29 is 4.79 Å². The summed E-state index contributed by atoms with van der Waals surface area (Å²) >= 11 is 5.83. The van der Waals surface area contributed by atoms with Crippen LogP contribution in [0.4, 0.5) is 0 Å². The first-order valence-corrected chi connectivity index (χ1v) is 7.57. The number of hydrogen-bond donors (Lipinski definition) is 0. The monoisotopic (exact) mass is 279 g/mol. The van der Waals surface area contributed by atoms with Crippen LogP contribution in [0.15, 0.2) is 18.2 Å². The molecular formula is C16H22ClNO. The molecule has 1 saturated carbocycles. The van der Waals surface area contributed by atoms with E-state index in [1.165, 1.54) is 17.5 Å². The van der Waals surface area contributed by atoms with Crippen LogP contribution < -0.4 is 0 Å². The second-order valence-corrected chi connectivity index (χ2v) is 5.85. The Morgan fingerprint density at radius 3 is 2.68 bits per heavy atom. The first kappa shape index (κ1) is 14.4. The summed E-state index contributed by atoms with van der Waals surface area (Å²) in [5.41, 5.74) is 3.54. The molecule has 0 spiro atoms. The molecule has 1 aromatic rings. The maximum Gasteiger partial charge on any atom is 0.227 e. The van der Waals surface area contributed by atoms with Crippen molar-refractivity contribution in [1.82, 2.24) is 4.90 Å². The third-order valence-corrected chi connectivity index (χ3v) is 4.18. The quantitative estimate of drug-likeness (QED) is 0.756. The highest BCUT2D eigenvalue weighted by molar-refractivity contribution is 6.18. The molecule has 1 aliphatic carbocycles. The van der Waals surface area contributed by atoms with E-state index in [0.717, 1.165) is 18.4 Å². The van der Waals surface area contributed by atoms with E-state index < -0.39 is 0 Å². The molecule has 0 N–H and O–H groups in total. The average Bonchev–Trinajstić information content (AvgIpc) is 2.31. The van der Waals surface area contributed by atoms with Crippen LogP contribution in [0.3, 0.4) is 0 Å². The topological polar surface area (TPSA) is 20.3 Å². The van der Waals surface area contributed by atoms with E-state index in [9.17, 15) is 4.79 Å². The number of hydrogen-bond acceptors (Lipinski definition) is 1. The van der Waals surface area contributed by atoms with Gasteiger partial charge < -0.3 is 4.90 Å². The van der Waals surface area contributed by atoms with Crippen LogP contribution in [0.1, 0.15) is 36.0 Å². The van der Waals surface area contributed by atoms with Crippen LogP contribution in [0.5, 0.6) is 0 Å². The fraction of sp³-hybridized carbons (Fsp3) is 0.562. The van der Waals surface area contributed by atoms with Crippen LogP contribution in [0, 0.1) is 13.8 Å². The Labute approximate surface area is 120 Å². The zero-order chi connectivity index (χ0) is 13.8. The molecule has 2 rings (SSSR count). The number of aryl methyl sites for hydroxylation is 2. The van der Waals surface area contributed by atoms with Gasteiger partial charge in [0.1, 0.15) is 0 Å². The van der Waals surface area contributed by atoms with E-state index in [1.54, 1.807) is 0 Å². The molecular weight excluding hydrogens is 258 g/mol. The van der Waals surface area contributed by atoms with Gasteiger partial charge in [-0.2, -0.15) is 0 Å². The Morgan fingerprint density at radius 2 is 2.11 bits per heavy atom. The molecule has 2 nitrogen and oxygen atoms in total. The molecule has 0 aromatic heterocycles. The summed E-state index contributed by atoms with van der Waals surface area (Å²) in [6.07, 6.45) is 4.01. The molecule has 0 bridgehead atoms. The molecule has 1 fully saturated rings.